The Bertz CT molecular complexity index is 1570. The van der Waals surface area contributed by atoms with E-state index in [9.17, 15) is 9.36 Å². The van der Waals surface area contributed by atoms with E-state index in [0.29, 0.717) is 33.7 Å². The van der Waals surface area contributed by atoms with Crippen molar-refractivity contribution in [1.82, 2.24) is 4.40 Å². The number of fused-ring (bicyclic) bond motifs is 1. The summed E-state index contributed by atoms with van der Waals surface area (Å²) in [6, 6.07) is 22.0. The van der Waals surface area contributed by atoms with Crippen molar-refractivity contribution in [2.24, 2.45) is 0 Å². The van der Waals surface area contributed by atoms with Crippen molar-refractivity contribution in [1.29, 1.82) is 0 Å². The van der Waals surface area contributed by atoms with Gasteiger partial charge in [0.1, 0.15) is 5.75 Å². The highest BCUT2D eigenvalue weighted by atomic mass is 32.1. The van der Waals surface area contributed by atoms with E-state index in [1.807, 2.05) is 55.5 Å². The zero-order valence-corrected chi connectivity index (χ0v) is 26.3. The predicted molar refractivity (Wildman–Crippen MR) is 167 cm³/mol. The zero-order valence-electron chi connectivity index (χ0n) is 24.6. The van der Waals surface area contributed by atoms with Crippen LogP contribution >= 0.6 is 19.8 Å². The van der Waals surface area contributed by atoms with E-state index in [4.69, 9.17) is 35.5 Å². The lowest BCUT2D eigenvalue weighted by molar-refractivity contribution is 0.0529. The number of carbonyl (C=O) groups excluding carboxylic acids is 1. The summed E-state index contributed by atoms with van der Waals surface area (Å²) in [6.45, 7) is 10.9. The summed E-state index contributed by atoms with van der Waals surface area (Å²) < 4.78 is 46.4. The minimum absolute atomic E-state index is 0.173. The molecule has 2 heterocycles. The predicted octanol–water partition coefficient (Wildman–Crippen LogP) is 8.51. The van der Waals surface area contributed by atoms with E-state index in [1.165, 1.54) is 0 Å². The molecule has 0 aliphatic carbocycles. The Morgan fingerprint density at radius 2 is 1.52 bits per heavy atom. The molecule has 0 spiro atoms. The first-order valence-corrected chi connectivity index (χ1v) is 15.8. The van der Waals surface area contributed by atoms with E-state index in [2.05, 4.69) is 0 Å². The van der Waals surface area contributed by atoms with Crippen LogP contribution in [-0.4, -0.2) is 34.4 Å². The minimum Gasteiger partial charge on any atom is -0.462 e. The number of pyridine rings is 1. The summed E-state index contributed by atoms with van der Waals surface area (Å²) in [5.74, 6) is -1.51. The number of aromatic nitrogens is 1. The van der Waals surface area contributed by atoms with Gasteiger partial charge in [0.15, 0.2) is 0 Å². The average Bonchev–Trinajstić information content (AvgIpc) is 3.27. The third kappa shape index (κ3) is 7.10. The maximum absolute atomic E-state index is 14.9. The van der Waals surface area contributed by atoms with Gasteiger partial charge in [0.05, 0.1) is 35.6 Å². The Morgan fingerprint density at radius 3 is 2.12 bits per heavy atom. The van der Waals surface area contributed by atoms with Crippen LogP contribution in [0.4, 0.5) is 0 Å². The van der Waals surface area contributed by atoms with Crippen LogP contribution < -0.4 is 4.74 Å². The number of rotatable bonds is 11. The molecule has 4 rings (SSSR count). The lowest BCUT2D eigenvalue weighted by atomic mass is 10.0. The van der Waals surface area contributed by atoms with Gasteiger partial charge in [-0.2, -0.15) is 0 Å². The van der Waals surface area contributed by atoms with E-state index in [1.54, 1.807) is 69.5 Å². The van der Waals surface area contributed by atoms with Gasteiger partial charge in [-0.25, -0.2) is 4.79 Å². The van der Waals surface area contributed by atoms with E-state index in [0.717, 1.165) is 5.56 Å². The van der Waals surface area contributed by atoms with Gasteiger partial charge in [0.2, 0.25) is 5.85 Å². The number of esters is 1. The van der Waals surface area contributed by atoms with Crippen LogP contribution in [0, 0.1) is 6.92 Å². The van der Waals surface area contributed by atoms with Crippen LogP contribution in [0.5, 0.6) is 5.75 Å². The standard InChI is InChI=1S/C32H36NO7PS/c1-7-36-30(34)28-26-15-11-12-20-33(26)29(27(28)24-13-9-8-10-14-24)31(41(35,39-21(2)3)40-22(4)5)38-32(42)37-25-18-16-23(6)17-19-25/h8-22,31H,7H2,1-6H3. The molecule has 0 saturated carbocycles. The fourth-order valence-corrected chi connectivity index (χ4v) is 7.08. The number of hydrogen-bond donors (Lipinski definition) is 0. The summed E-state index contributed by atoms with van der Waals surface area (Å²) in [4.78, 5) is 13.5. The van der Waals surface area contributed by atoms with Crippen LogP contribution in [0.15, 0.2) is 79.0 Å². The van der Waals surface area contributed by atoms with Gasteiger partial charge in [-0.05, 0) is 71.4 Å². The van der Waals surface area contributed by atoms with Crippen LogP contribution in [-0.2, 0) is 23.1 Å². The van der Waals surface area contributed by atoms with Crippen molar-refractivity contribution in [3.05, 3.63) is 95.8 Å². The molecule has 0 aliphatic heterocycles. The van der Waals surface area contributed by atoms with Crippen molar-refractivity contribution >= 4 is 36.5 Å². The number of hydrogen-bond acceptors (Lipinski definition) is 8. The monoisotopic (exact) mass is 609 g/mol. The molecule has 0 radical (unpaired) electrons. The second-order valence-corrected chi connectivity index (χ2v) is 12.5. The van der Waals surface area contributed by atoms with Gasteiger partial charge < -0.3 is 27.7 Å². The lowest BCUT2D eigenvalue weighted by Crippen LogP contribution is -2.22. The van der Waals surface area contributed by atoms with Crippen molar-refractivity contribution in [3.63, 3.8) is 0 Å². The van der Waals surface area contributed by atoms with Crippen LogP contribution in [0.25, 0.3) is 16.6 Å². The molecule has 42 heavy (non-hydrogen) atoms. The normalized spacial score (nSPS) is 12.5. The number of carbonyl (C=O) groups is 1. The van der Waals surface area contributed by atoms with Crippen molar-refractivity contribution < 1.29 is 32.6 Å². The zero-order chi connectivity index (χ0) is 30.4. The summed E-state index contributed by atoms with van der Waals surface area (Å²) in [5, 5.41) is -0.286. The molecule has 8 nitrogen and oxygen atoms in total. The first-order valence-electron chi connectivity index (χ1n) is 13.8. The highest BCUT2D eigenvalue weighted by Crippen LogP contribution is 2.64. The van der Waals surface area contributed by atoms with Crippen LogP contribution in [0.2, 0.25) is 0 Å². The van der Waals surface area contributed by atoms with Crippen molar-refractivity contribution in [2.75, 3.05) is 6.61 Å². The Hall–Kier alpha value is -3.49. The second kappa shape index (κ2) is 13.7. The summed E-state index contributed by atoms with van der Waals surface area (Å²) in [7, 11) is -4.18. The van der Waals surface area contributed by atoms with Gasteiger partial charge in [-0.1, -0.05) is 54.1 Å². The molecule has 0 aliphatic rings. The molecule has 4 aromatic rings. The number of aryl methyl sites for hydroxylation is 1. The molecule has 1 unspecified atom stereocenters. The Morgan fingerprint density at radius 1 is 0.905 bits per heavy atom. The largest absolute Gasteiger partial charge is 0.462 e. The van der Waals surface area contributed by atoms with Crippen molar-refractivity contribution in [2.45, 2.75) is 59.6 Å². The maximum atomic E-state index is 14.9. The fourth-order valence-electron chi connectivity index (χ4n) is 4.59. The molecule has 0 amide bonds. The molecule has 0 bridgehead atoms. The summed E-state index contributed by atoms with van der Waals surface area (Å²) in [5.41, 5.74) is 3.36. The second-order valence-electron chi connectivity index (χ2n) is 10.2. The Kier molecular flexibility index (Phi) is 10.2. The van der Waals surface area contributed by atoms with Gasteiger partial charge in [0, 0.05) is 24.0 Å². The first kappa shape index (κ1) is 31.4. The molecule has 2 aromatic carbocycles. The van der Waals surface area contributed by atoms with Gasteiger partial charge >= 0.3 is 18.8 Å². The SMILES string of the molecule is CCOC(=O)c1c(-c2ccccc2)c(C(OC(=S)Oc2ccc(C)cc2)P(=O)(OC(C)C)OC(C)C)n2ccccc12. The number of thiocarbonyl (C=S) groups is 1. The quantitative estimate of drug-likeness (QED) is 0.0951. The lowest BCUT2D eigenvalue weighted by Gasteiger charge is -2.30. The molecule has 2 aromatic heterocycles. The average molecular weight is 610 g/mol. The van der Waals surface area contributed by atoms with Crippen LogP contribution in [0.1, 0.15) is 62.1 Å². The summed E-state index contributed by atoms with van der Waals surface area (Å²) in [6.07, 6.45) is 0.765. The smallest absolute Gasteiger partial charge is 0.377 e. The highest BCUT2D eigenvalue weighted by Gasteiger charge is 2.46. The summed E-state index contributed by atoms with van der Waals surface area (Å²) >= 11 is 5.55. The number of ether oxygens (including phenoxy) is 3. The number of benzene rings is 2. The Balaban J connectivity index is 2.01. The minimum atomic E-state index is -4.18. The van der Waals surface area contributed by atoms with Crippen molar-refractivity contribution in [3.8, 4) is 16.9 Å². The molecular formula is C32H36NO7PS. The Labute approximate surface area is 252 Å². The maximum Gasteiger partial charge on any atom is 0.377 e. The topological polar surface area (TPSA) is 84.7 Å². The highest BCUT2D eigenvalue weighted by molar-refractivity contribution is 7.79. The van der Waals surface area contributed by atoms with Gasteiger partial charge in [-0.15, -0.1) is 0 Å². The van der Waals surface area contributed by atoms with E-state index >= 15 is 0 Å². The molecule has 0 N–H and O–H groups in total. The molecule has 0 saturated heterocycles. The van der Waals surface area contributed by atoms with E-state index < -0.39 is 31.6 Å². The third-order valence-corrected chi connectivity index (χ3v) is 8.63. The van der Waals surface area contributed by atoms with Crippen LogP contribution in [0.3, 0.4) is 0 Å². The third-order valence-electron chi connectivity index (χ3n) is 6.09. The number of nitrogens with zero attached hydrogens (tertiary/aromatic N) is 1. The van der Waals surface area contributed by atoms with E-state index in [-0.39, 0.29) is 11.8 Å². The molecule has 0 fully saturated rings. The molecular weight excluding hydrogens is 573 g/mol. The molecule has 1 atom stereocenters. The molecule has 222 valence electrons. The van der Waals surface area contributed by atoms with Gasteiger partial charge in [0.25, 0.3) is 0 Å². The first-order chi connectivity index (χ1) is 20.0. The van der Waals surface area contributed by atoms with Gasteiger partial charge in [-0.3, -0.25) is 4.57 Å². The molecule has 10 heteroatoms. The fraction of sp³-hybridized carbons (Fsp3) is 0.312.